The monoisotopic (exact) mass is 345 g/mol. The van der Waals surface area contributed by atoms with Gasteiger partial charge in [0.05, 0.1) is 12.2 Å². The Morgan fingerprint density at radius 3 is 2.65 bits per heavy atom. The number of ether oxygens (including phenoxy) is 1. The fraction of sp³-hybridized carbons (Fsp3) is 0.467. The molecule has 0 spiro atoms. The summed E-state index contributed by atoms with van der Waals surface area (Å²) < 4.78 is 4.98. The molecular formula is C15H20KN3O4. The second-order valence-corrected chi connectivity index (χ2v) is 5.69. The molecule has 1 unspecified atom stereocenters. The molecular weight excluding hydrogens is 325 g/mol. The van der Waals surface area contributed by atoms with Crippen molar-refractivity contribution in [3.63, 3.8) is 0 Å². The van der Waals surface area contributed by atoms with Crippen LogP contribution in [0, 0.1) is 5.92 Å². The number of carboxylic acids is 1. The van der Waals surface area contributed by atoms with Gasteiger partial charge in [0.15, 0.2) is 5.84 Å². The van der Waals surface area contributed by atoms with Gasteiger partial charge in [0, 0.05) is 13.3 Å². The number of carbonyl (C=O) groups is 2. The van der Waals surface area contributed by atoms with Gasteiger partial charge in [-0.05, 0) is 24.5 Å². The number of nitrogens with one attached hydrogen (secondary N) is 1. The van der Waals surface area contributed by atoms with Crippen molar-refractivity contribution < 1.29 is 72.2 Å². The number of carbonyl (C=O) groups excluding carboxylic acids is 1. The predicted octanol–water partition coefficient (Wildman–Crippen LogP) is -1.67. The van der Waals surface area contributed by atoms with Gasteiger partial charge in [-0.15, -0.1) is 0 Å². The van der Waals surface area contributed by atoms with Crippen LogP contribution in [0.2, 0.25) is 0 Å². The van der Waals surface area contributed by atoms with E-state index in [1.165, 1.54) is 19.4 Å². The Labute approximate surface area is 178 Å². The van der Waals surface area contributed by atoms with Crippen LogP contribution >= 0.6 is 0 Å². The van der Waals surface area contributed by atoms with Crippen LogP contribution in [0.4, 0.5) is 0 Å². The van der Waals surface area contributed by atoms with Gasteiger partial charge < -0.3 is 16.6 Å². The number of pyridine rings is 1. The third kappa shape index (κ3) is 4.07. The summed E-state index contributed by atoms with van der Waals surface area (Å²) in [5.41, 5.74) is -0.135. The fourth-order valence-electron chi connectivity index (χ4n) is 2.15. The van der Waals surface area contributed by atoms with E-state index < -0.39 is 11.5 Å². The standard InChI is InChI=1S/C15H19N3O4.K.H/c1-8(2)15(3)14(21)17-12(18-15)11-10(13(19)20)5-9(6-16-11)7-22-4;;/h5-6,8H,7H2,1-4H3,(H,19,20)(H,17,18,21);;/q;+1;-1. The molecule has 2 heterocycles. The third-order valence-electron chi connectivity index (χ3n) is 3.87. The molecule has 0 aromatic carbocycles. The minimum atomic E-state index is -1.13. The zero-order valence-corrected chi connectivity index (χ0v) is 17.1. The van der Waals surface area contributed by atoms with Crippen LogP contribution in [0.15, 0.2) is 17.3 Å². The Morgan fingerprint density at radius 2 is 2.17 bits per heavy atom. The van der Waals surface area contributed by atoms with Crippen molar-refractivity contribution >= 4 is 17.7 Å². The smallest absolute Gasteiger partial charge is 1.00 e. The summed E-state index contributed by atoms with van der Waals surface area (Å²) in [5, 5.41) is 12.0. The molecule has 1 aromatic heterocycles. The predicted molar refractivity (Wildman–Crippen MR) is 80.9 cm³/mol. The van der Waals surface area contributed by atoms with E-state index in [-0.39, 0.29) is 88.3 Å². The van der Waals surface area contributed by atoms with E-state index in [1.54, 1.807) is 6.92 Å². The van der Waals surface area contributed by atoms with Gasteiger partial charge in [0.1, 0.15) is 11.2 Å². The Kier molecular flexibility index (Phi) is 7.05. The number of amidine groups is 1. The van der Waals surface area contributed by atoms with Crippen molar-refractivity contribution in [3.8, 4) is 0 Å². The quantitative estimate of drug-likeness (QED) is 0.622. The van der Waals surface area contributed by atoms with Crippen LogP contribution in [0.1, 0.15) is 43.8 Å². The second kappa shape index (κ2) is 7.95. The number of aromatic nitrogens is 1. The van der Waals surface area contributed by atoms with Crippen molar-refractivity contribution in [3.05, 3.63) is 29.1 Å². The van der Waals surface area contributed by atoms with Crippen LogP contribution in [-0.2, 0) is 16.1 Å². The summed E-state index contributed by atoms with van der Waals surface area (Å²) in [5.74, 6) is -1.21. The van der Waals surface area contributed by atoms with E-state index in [9.17, 15) is 14.7 Å². The van der Waals surface area contributed by atoms with E-state index in [4.69, 9.17) is 4.74 Å². The average molecular weight is 345 g/mol. The Morgan fingerprint density at radius 1 is 1.52 bits per heavy atom. The maximum Gasteiger partial charge on any atom is 1.00 e. The van der Waals surface area contributed by atoms with Crippen molar-refractivity contribution in [1.29, 1.82) is 0 Å². The molecule has 1 amide bonds. The number of rotatable bonds is 5. The number of hydrogen-bond acceptors (Lipinski definition) is 5. The van der Waals surface area contributed by atoms with E-state index in [2.05, 4.69) is 15.3 Å². The normalized spacial score (nSPS) is 20.0. The van der Waals surface area contributed by atoms with Gasteiger partial charge in [-0.3, -0.25) is 9.78 Å². The molecule has 0 saturated heterocycles. The molecule has 2 rings (SSSR count). The van der Waals surface area contributed by atoms with Crippen molar-refractivity contribution in [2.75, 3.05) is 7.11 Å². The molecule has 120 valence electrons. The third-order valence-corrected chi connectivity index (χ3v) is 3.87. The minimum absolute atomic E-state index is 0. The summed E-state index contributed by atoms with van der Waals surface area (Å²) in [4.78, 5) is 32.2. The molecule has 0 bridgehead atoms. The summed E-state index contributed by atoms with van der Waals surface area (Å²) in [7, 11) is 1.52. The Hall–Kier alpha value is -0.644. The zero-order valence-electron chi connectivity index (χ0n) is 15.0. The molecule has 7 nitrogen and oxygen atoms in total. The topological polar surface area (TPSA) is 101 Å². The molecule has 8 heteroatoms. The van der Waals surface area contributed by atoms with Crippen LogP contribution in [0.3, 0.4) is 0 Å². The Balaban J connectivity index is 0.00000264. The first kappa shape index (κ1) is 20.4. The molecule has 1 aliphatic heterocycles. The van der Waals surface area contributed by atoms with E-state index in [0.717, 1.165) is 0 Å². The van der Waals surface area contributed by atoms with Gasteiger partial charge in [0.25, 0.3) is 5.91 Å². The van der Waals surface area contributed by atoms with Gasteiger partial charge >= 0.3 is 57.4 Å². The first-order chi connectivity index (χ1) is 10.3. The summed E-state index contributed by atoms with van der Waals surface area (Å²) in [6.07, 6.45) is 1.52. The van der Waals surface area contributed by atoms with Gasteiger partial charge in [0.2, 0.25) is 0 Å². The summed E-state index contributed by atoms with van der Waals surface area (Å²) in [6, 6.07) is 1.48. The first-order valence-corrected chi connectivity index (χ1v) is 6.92. The molecule has 2 N–H and O–H groups in total. The zero-order chi connectivity index (χ0) is 16.5. The van der Waals surface area contributed by atoms with Crippen LogP contribution in [-0.4, -0.2) is 40.5 Å². The maximum absolute atomic E-state index is 12.2. The van der Waals surface area contributed by atoms with Crippen LogP contribution in [0.5, 0.6) is 0 Å². The molecule has 0 aliphatic carbocycles. The van der Waals surface area contributed by atoms with Crippen LogP contribution < -0.4 is 56.7 Å². The molecule has 1 atom stereocenters. The van der Waals surface area contributed by atoms with E-state index in [1.807, 2.05) is 13.8 Å². The molecule has 23 heavy (non-hydrogen) atoms. The Bertz CT molecular complexity index is 666. The van der Waals surface area contributed by atoms with Gasteiger partial charge in [-0.1, -0.05) is 13.8 Å². The number of carboxylic acid groups (broad SMARTS) is 1. The van der Waals surface area contributed by atoms with E-state index >= 15 is 0 Å². The maximum atomic E-state index is 12.2. The minimum Gasteiger partial charge on any atom is -1.00 e. The van der Waals surface area contributed by atoms with Crippen molar-refractivity contribution in [1.82, 2.24) is 10.3 Å². The van der Waals surface area contributed by atoms with E-state index in [0.29, 0.717) is 5.56 Å². The van der Waals surface area contributed by atoms with Gasteiger partial charge in [-0.25, -0.2) is 9.79 Å². The molecule has 0 saturated carbocycles. The molecule has 0 radical (unpaired) electrons. The largest absolute Gasteiger partial charge is 1.00 e. The van der Waals surface area contributed by atoms with Crippen LogP contribution in [0.25, 0.3) is 0 Å². The molecule has 1 aliphatic rings. The SMILES string of the molecule is COCc1cnc(C2=NC(C)(C(C)C)C(=O)N2)c(C(=O)O)c1.[H-].[K+]. The van der Waals surface area contributed by atoms with Gasteiger partial charge in [-0.2, -0.15) is 0 Å². The summed E-state index contributed by atoms with van der Waals surface area (Å²) in [6.45, 7) is 5.76. The number of hydrogen-bond donors (Lipinski definition) is 2. The number of aliphatic imine (C=N–C) groups is 1. The first-order valence-electron chi connectivity index (χ1n) is 6.92. The fourth-order valence-corrected chi connectivity index (χ4v) is 2.15. The van der Waals surface area contributed by atoms with Crippen molar-refractivity contribution in [2.24, 2.45) is 10.9 Å². The number of amides is 1. The van der Waals surface area contributed by atoms with Crippen molar-refractivity contribution in [2.45, 2.75) is 32.9 Å². The molecule has 0 fully saturated rings. The number of aromatic carboxylic acids is 1. The average Bonchev–Trinajstić information content (AvgIpc) is 2.76. The molecule has 1 aromatic rings. The number of nitrogens with zero attached hydrogens (tertiary/aromatic N) is 2. The number of methoxy groups -OCH3 is 1. The summed E-state index contributed by atoms with van der Waals surface area (Å²) >= 11 is 0. The second-order valence-electron chi connectivity index (χ2n) is 5.69.